The van der Waals surface area contributed by atoms with Gasteiger partial charge in [0.1, 0.15) is 17.9 Å². The fourth-order valence-corrected chi connectivity index (χ4v) is 4.11. The number of carbonyl (C=O) groups excluding carboxylic acids is 1. The van der Waals surface area contributed by atoms with Crippen LogP contribution in [0.15, 0.2) is 65.8 Å². The molecule has 0 fully saturated rings. The second-order valence-corrected chi connectivity index (χ2v) is 10.1. The van der Waals surface area contributed by atoms with Crippen LogP contribution in [0.4, 0.5) is 11.5 Å². The Morgan fingerprint density at radius 1 is 1.08 bits per heavy atom. The number of hydrogen-bond acceptors (Lipinski definition) is 8. The van der Waals surface area contributed by atoms with Crippen LogP contribution in [0, 0.1) is 5.92 Å². The lowest BCUT2D eigenvalue weighted by atomic mass is 10.1. The molecule has 1 heterocycles. The van der Waals surface area contributed by atoms with Gasteiger partial charge in [0.15, 0.2) is 5.11 Å². The molecule has 3 rings (SSSR count). The number of methoxy groups -OCH3 is 1. The monoisotopic (exact) mass is 529 g/mol. The zero-order valence-corrected chi connectivity index (χ0v) is 21.7. The molecule has 12 heteroatoms. The number of benzene rings is 2. The van der Waals surface area contributed by atoms with E-state index in [-0.39, 0.29) is 21.7 Å². The van der Waals surface area contributed by atoms with E-state index in [0.29, 0.717) is 29.5 Å². The Bertz CT molecular complexity index is 1310. The van der Waals surface area contributed by atoms with Crippen molar-refractivity contribution in [3.63, 3.8) is 0 Å². The lowest BCUT2D eigenvalue weighted by Crippen LogP contribution is -2.34. The molecule has 0 atom stereocenters. The van der Waals surface area contributed by atoms with Gasteiger partial charge in [-0.3, -0.25) is 14.8 Å². The SMILES string of the molecule is COc1cc(NS(=O)(=O)c2ccc(NC(=S)NC(=O)c3cccc(OCCC(C)C)c3)cc2)ncn1. The minimum absolute atomic E-state index is 0.00913. The zero-order valence-electron chi connectivity index (χ0n) is 20.0. The summed E-state index contributed by atoms with van der Waals surface area (Å²) in [5.74, 6) is 1.02. The van der Waals surface area contributed by atoms with Crippen LogP contribution >= 0.6 is 12.2 Å². The van der Waals surface area contributed by atoms with Gasteiger partial charge >= 0.3 is 0 Å². The van der Waals surface area contributed by atoms with Gasteiger partial charge in [-0.05, 0) is 67.0 Å². The largest absolute Gasteiger partial charge is 0.494 e. The molecule has 1 amide bonds. The van der Waals surface area contributed by atoms with E-state index in [4.69, 9.17) is 21.7 Å². The Morgan fingerprint density at radius 3 is 2.53 bits per heavy atom. The van der Waals surface area contributed by atoms with Gasteiger partial charge in [-0.2, -0.15) is 0 Å². The van der Waals surface area contributed by atoms with E-state index >= 15 is 0 Å². The topological polar surface area (TPSA) is 132 Å². The third-order valence-corrected chi connectivity index (χ3v) is 6.37. The van der Waals surface area contributed by atoms with Crippen LogP contribution in [0.1, 0.15) is 30.6 Å². The first kappa shape index (κ1) is 26.8. The molecular formula is C24H27N5O5S2. The Balaban J connectivity index is 1.57. The van der Waals surface area contributed by atoms with Crippen molar-refractivity contribution in [2.75, 3.05) is 23.8 Å². The molecule has 3 N–H and O–H groups in total. The molecule has 0 bridgehead atoms. The molecule has 1 aromatic heterocycles. The average molecular weight is 530 g/mol. The number of rotatable bonds is 10. The number of hydrogen-bond donors (Lipinski definition) is 3. The predicted octanol–water partition coefficient (Wildman–Crippen LogP) is 3.84. The van der Waals surface area contributed by atoms with E-state index in [0.717, 1.165) is 6.42 Å². The second kappa shape index (κ2) is 12.3. The van der Waals surface area contributed by atoms with Crippen LogP contribution in [0.2, 0.25) is 0 Å². The summed E-state index contributed by atoms with van der Waals surface area (Å²) in [5, 5.41) is 5.53. The first-order valence-electron chi connectivity index (χ1n) is 11.0. The quantitative estimate of drug-likeness (QED) is 0.335. The highest BCUT2D eigenvalue weighted by Gasteiger charge is 2.16. The second-order valence-electron chi connectivity index (χ2n) is 8.04. The van der Waals surface area contributed by atoms with E-state index in [2.05, 4.69) is 39.2 Å². The number of carbonyl (C=O) groups is 1. The van der Waals surface area contributed by atoms with Gasteiger partial charge in [0, 0.05) is 17.3 Å². The Labute approximate surface area is 215 Å². The van der Waals surface area contributed by atoms with Crippen molar-refractivity contribution in [1.82, 2.24) is 15.3 Å². The minimum atomic E-state index is -3.89. The van der Waals surface area contributed by atoms with E-state index in [1.54, 1.807) is 24.3 Å². The number of aromatic nitrogens is 2. The van der Waals surface area contributed by atoms with Gasteiger partial charge in [-0.25, -0.2) is 18.4 Å². The van der Waals surface area contributed by atoms with Crippen molar-refractivity contribution in [2.24, 2.45) is 5.92 Å². The Morgan fingerprint density at radius 2 is 1.83 bits per heavy atom. The molecule has 0 saturated carbocycles. The fourth-order valence-electron chi connectivity index (χ4n) is 2.90. The Hall–Kier alpha value is -3.77. The summed E-state index contributed by atoms with van der Waals surface area (Å²) in [7, 11) is -2.48. The highest BCUT2D eigenvalue weighted by Crippen LogP contribution is 2.19. The molecule has 0 aliphatic heterocycles. The van der Waals surface area contributed by atoms with E-state index in [9.17, 15) is 13.2 Å². The van der Waals surface area contributed by atoms with Crippen LogP contribution in [0.25, 0.3) is 0 Å². The van der Waals surface area contributed by atoms with Gasteiger partial charge in [-0.1, -0.05) is 19.9 Å². The summed E-state index contributed by atoms with van der Waals surface area (Å²) in [4.78, 5) is 20.3. The van der Waals surface area contributed by atoms with Crippen molar-refractivity contribution in [3.8, 4) is 11.6 Å². The highest BCUT2D eigenvalue weighted by atomic mass is 32.2. The number of amides is 1. The molecule has 10 nitrogen and oxygen atoms in total. The molecule has 190 valence electrons. The molecule has 0 aliphatic rings. The Kier molecular flexibility index (Phi) is 9.14. The van der Waals surface area contributed by atoms with E-state index in [1.807, 2.05) is 0 Å². The fraction of sp³-hybridized carbons (Fsp3) is 0.250. The van der Waals surface area contributed by atoms with E-state index in [1.165, 1.54) is 43.8 Å². The summed E-state index contributed by atoms with van der Waals surface area (Å²) in [6, 6.07) is 14.0. The smallest absolute Gasteiger partial charge is 0.263 e. The maximum absolute atomic E-state index is 12.6. The summed E-state index contributed by atoms with van der Waals surface area (Å²) in [5.41, 5.74) is 0.892. The number of anilines is 2. The molecule has 0 spiro atoms. The minimum Gasteiger partial charge on any atom is -0.494 e. The lowest BCUT2D eigenvalue weighted by Gasteiger charge is -2.12. The molecule has 0 aliphatic carbocycles. The van der Waals surface area contributed by atoms with Crippen LogP contribution in [-0.4, -0.2) is 43.1 Å². The highest BCUT2D eigenvalue weighted by molar-refractivity contribution is 7.92. The molecule has 0 unspecified atom stereocenters. The molecule has 3 aromatic rings. The number of nitrogens with zero attached hydrogens (tertiary/aromatic N) is 2. The van der Waals surface area contributed by atoms with Gasteiger partial charge in [0.05, 0.1) is 18.6 Å². The summed E-state index contributed by atoms with van der Waals surface area (Å²) < 4.78 is 38.3. The van der Waals surface area contributed by atoms with Crippen molar-refractivity contribution in [1.29, 1.82) is 0 Å². The standard InChI is InChI=1S/C24H27N5O5S2/c1-16(2)11-12-34-19-6-4-5-17(13-19)23(30)28-24(35)27-18-7-9-20(10-8-18)36(31,32)29-21-14-22(33-3)26-15-25-21/h4-10,13-16H,11-12H2,1-3H3,(H,25,26,29)(H2,27,28,30,35). The maximum Gasteiger partial charge on any atom is 0.263 e. The average Bonchev–Trinajstić information content (AvgIpc) is 2.84. The molecule has 0 saturated heterocycles. The van der Waals surface area contributed by atoms with Gasteiger partial charge < -0.3 is 14.8 Å². The lowest BCUT2D eigenvalue weighted by molar-refractivity contribution is 0.0977. The number of ether oxygens (including phenoxy) is 2. The maximum atomic E-state index is 12.6. The first-order valence-corrected chi connectivity index (χ1v) is 12.9. The first-order chi connectivity index (χ1) is 17.2. The van der Waals surface area contributed by atoms with Crippen molar-refractivity contribution >= 4 is 44.8 Å². The third kappa shape index (κ3) is 7.89. The summed E-state index contributed by atoms with van der Waals surface area (Å²) >= 11 is 5.23. The van der Waals surface area contributed by atoms with Crippen molar-refractivity contribution < 1.29 is 22.7 Å². The molecular weight excluding hydrogens is 502 g/mol. The van der Waals surface area contributed by atoms with Gasteiger partial charge in [0.2, 0.25) is 5.88 Å². The third-order valence-electron chi connectivity index (χ3n) is 4.80. The normalized spacial score (nSPS) is 11.0. The molecule has 0 radical (unpaired) electrons. The number of thiocarbonyl (C=S) groups is 1. The van der Waals surface area contributed by atoms with Crippen LogP contribution in [0.3, 0.4) is 0 Å². The van der Waals surface area contributed by atoms with Crippen molar-refractivity contribution in [3.05, 3.63) is 66.5 Å². The van der Waals surface area contributed by atoms with Gasteiger partial charge in [-0.15, -0.1) is 0 Å². The van der Waals surface area contributed by atoms with Crippen molar-refractivity contribution in [2.45, 2.75) is 25.2 Å². The molecule has 2 aromatic carbocycles. The van der Waals surface area contributed by atoms with Crippen LogP contribution in [-0.2, 0) is 10.0 Å². The number of sulfonamides is 1. The zero-order chi connectivity index (χ0) is 26.1. The van der Waals surface area contributed by atoms with Gasteiger partial charge in [0.25, 0.3) is 15.9 Å². The number of nitrogens with one attached hydrogen (secondary N) is 3. The molecule has 36 heavy (non-hydrogen) atoms. The van der Waals surface area contributed by atoms with E-state index < -0.39 is 15.9 Å². The predicted molar refractivity (Wildman–Crippen MR) is 141 cm³/mol. The van der Waals surface area contributed by atoms with Crippen LogP contribution < -0.4 is 24.8 Å². The summed E-state index contributed by atoms with van der Waals surface area (Å²) in [6.45, 7) is 4.79. The summed E-state index contributed by atoms with van der Waals surface area (Å²) in [6.07, 6.45) is 2.10. The van der Waals surface area contributed by atoms with Crippen LogP contribution in [0.5, 0.6) is 11.6 Å².